The highest BCUT2D eigenvalue weighted by atomic mass is 16.5. The van der Waals surface area contributed by atoms with Crippen LogP contribution in [0, 0.1) is 5.92 Å². The van der Waals surface area contributed by atoms with Gasteiger partial charge in [0, 0.05) is 0 Å². The third-order valence-electron chi connectivity index (χ3n) is 2.86. The van der Waals surface area contributed by atoms with Gasteiger partial charge in [-0.2, -0.15) is 0 Å². The van der Waals surface area contributed by atoms with E-state index >= 15 is 0 Å². The highest BCUT2D eigenvalue weighted by molar-refractivity contribution is 5.31. The first-order valence-electron chi connectivity index (χ1n) is 5.15. The molecule has 0 amide bonds. The first-order valence-corrected chi connectivity index (χ1v) is 5.15. The molecule has 2 rings (SSSR count). The van der Waals surface area contributed by atoms with Crippen molar-refractivity contribution in [3.05, 3.63) is 35.4 Å². The summed E-state index contributed by atoms with van der Waals surface area (Å²) in [5.74, 6) is 0.471. The number of ether oxygens (including phenoxy) is 1. The Morgan fingerprint density at radius 2 is 2.07 bits per heavy atom. The minimum atomic E-state index is 0.0277. The molecule has 0 bridgehead atoms. The summed E-state index contributed by atoms with van der Waals surface area (Å²) in [6.07, 6.45) is 0.157. The molecule has 2 atom stereocenters. The Hall–Kier alpha value is -0.860. The van der Waals surface area contributed by atoms with Gasteiger partial charge < -0.3 is 10.5 Å². The van der Waals surface area contributed by atoms with Gasteiger partial charge in [0.15, 0.2) is 0 Å². The molecule has 14 heavy (non-hydrogen) atoms. The fourth-order valence-electron chi connectivity index (χ4n) is 2.06. The molecular weight excluding hydrogens is 174 g/mol. The van der Waals surface area contributed by atoms with E-state index in [0.717, 1.165) is 0 Å². The summed E-state index contributed by atoms with van der Waals surface area (Å²) in [5, 5.41) is 0. The predicted octanol–water partition coefficient (Wildman–Crippen LogP) is 2.24. The lowest BCUT2D eigenvalue weighted by Gasteiger charge is -2.33. The predicted molar refractivity (Wildman–Crippen MR) is 56.8 cm³/mol. The van der Waals surface area contributed by atoms with E-state index in [4.69, 9.17) is 10.5 Å². The van der Waals surface area contributed by atoms with Gasteiger partial charge in [0.25, 0.3) is 0 Å². The van der Waals surface area contributed by atoms with Gasteiger partial charge in [-0.1, -0.05) is 38.1 Å². The summed E-state index contributed by atoms with van der Waals surface area (Å²) in [7, 11) is 0. The van der Waals surface area contributed by atoms with E-state index < -0.39 is 0 Å². The van der Waals surface area contributed by atoms with Crippen LogP contribution in [-0.4, -0.2) is 6.10 Å². The minimum absolute atomic E-state index is 0.0277. The number of hydrogen-bond donors (Lipinski definition) is 1. The van der Waals surface area contributed by atoms with Crippen LogP contribution in [0.4, 0.5) is 0 Å². The molecule has 1 aromatic carbocycles. The number of fused-ring (bicyclic) bond motifs is 1. The maximum Gasteiger partial charge on any atom is 0.0795 e. The number of benzene rings is 1. The second-order valence-electron chi connectivity index (χ2n) is 4.24. The summed E-state index contributed by atoms with van der Waals surface area (Å²) in [4.78, 5) is 0. The minimum Gasteiger partial charge on any atom is -0.371 e. The lowest BCUT2D eigenvalue weighted by molar-refractivity contribution is -0.0194. The Kier molecular flexibility index (Phi) is 2.57. The van der Waals surface area contributed by atoms with E-state index in [1.54, 1.807) is 0 Å². The van der Waals surface area contributed by atoms with E-state index in [-0.39, 0.29) is 12.1 Å². The lowest BCUT2D eigenvalue weighted by Crippen LogP contribution is -2.37. The molecule has 2 nitrogen and oxygen atoms in total. The van der Waals surface area contributed by atoms with Crippen molar-refractivity contribution < 1.29 is 4.74 Å². The first-order chi connectivity index (χ1) is 6.70. The van der Waals surface area contributed by atoms with Crippen LogP contribution in [0.15, 0.2) is 24.3 Å². The molecular formula is C12H17NO. The summed E-state index contributed by atoms with van der Waals surface area (Å²) in [6, 6.07) is 8.30. The maximum absolute atomic E-state index is 6.17. The molecule has 1 aromatic rings. The summed E-state index contributed by atoms with van der Waals surface area (Å²) >= 11 is 0. The standard InChI is InChI=1S/C12H17NO/c1-8(2)12-11(13)10-6-4-3-5-9(10)7-14-12/h3-6,8,11-12H,7,13H2,1-2H3/t11-,12-/m1/s1. The highest BCUT2D eigenvalue weighted by Gasteiger charge is 2.29. The molecule has 76 valence electrons. The number of nitrogens with two attached hydrogens (primary N) is 1. The molecule has 0 saturated heterocycles. The van der Waals surface area contributed by atoms with Crippen molar-refractivity contribution >= 4 is 0 Å². The largest absolute Gasteiger partial charge is 0.371 e. The Labute approximate surface area is 85.1 Å². The van der Waals surface area contributed by atoms with Gasteiger partial charge in [0.2, 0.25) is 0 Å². The fourth-order valence-corrected chi connectivity index (χ4v) is 2.06. The van der Waals surface area contributed by atoms with Crippen molar-refractivity contribution in [1.82, 2.24) is 0 Å². The van der Waals surface area contributed by atoms with Crippen LogP contribution in [0.25, 0.3) is 0 Å². The summed E-state index contributed by atoms with van der Waals surface area (Å²) < 4.78 is 5.75. The normalized spacial score (nSPS) is 26.3. The highest BCUT2D eigenvalue weighted by Crippen LogP contribution is 2.30. The van der Waals surface area contributed by atoms with Crippen LogP contribution in [0.5, 0.6) is 0 Å². The van der Waals surface area contributed by atoms with E-state index in [0.29, 0.717) is 12.5 Å². The molecule has 0 unspecified atom stereocenters. The topological polar surface area (TPSA) is 35.2 Å². The Morgan fingerprint density at radius 1 is 1.36 bits per heavy atom. The second kappa shape index (κ2) is 3.71. The van der Waals surface area contributed by atoms with Crippen LogP contribution < -0.4 is 5.73 Å². The lowest BCUT2D eigenvalue weighted by atomic mass is 9.89. The van der Waals surface area contributed by atoms with Crippen LogP contribution in [-0.2, 0) is 11.3 Å². The molecule has 0 radical (unpaired) electrons. The van der Waals surface area contributed by atoms with Crippen molar-refractivity contribution in [2.45, 2.75) is 32.6 Å². The number of rotatable bonds is 1. The van der Waals surface area contributed by atoms with Crippen LogP contribution >= 0.6 is 0 Å². The zero-order valence-electron chi connectivity index (χ0n) is 8.73. The molecule has 0 saturated carbocycles. The van der Waals surface area contributed by atoms with Gasteiger partial charge in [-0.25, -0.2) is 0 Å². The quantitative estimate of drug-likeness (QED) is 0.739. The van der Waals surface area contributed by atoms with Crippen molar-refractivity contribution in [3.63, 3.8) is 0 Å². The van der Waals surface area contributed by atoms with Crippen molar-refractivity contribution in [2.24, 2.45) is 11.7 Å². The monoisotopic (exact) mass is 191 g/mol. The molecule has 1 aliphatic rings. The summed E-state index contributed by atoms with van der Waals surface area (Å²) in [6.45, 7) is 5.00. The Balaban J connectivity index is 2.31. The van der Waals surface area contributed by atoms with Gasteiger partial charge in [0.05, 0.1) is 18.8 Å². The second-order valence-corrected chi connectivity index (χ2v) is 4.24. The van der Waals surface area contributed by atoms with Gasteiger partial charge in [-0.15, -0.1) is 0 Å². The maximum atomic E-state index is 6.17. The van der Waals surface area contributed by atoms with Gasteiger partial charge in [-0.05, 0) is 17.0 Å². The summed E-state index contributed by atoms with van der Waals surface area (Å²) in [5.41, 5.74) is 8.65. The van der Waals surface area contributed by atoms with Crippen molar-refractivity contribution in [1.29, 1.82) is 0 Å². The zero-order chi connectivity index (χ0) is 10.1. The fraction of sp³-hybridized carbons (Fsp3) is 0.500. The van der Waals surface area contributed by atoms with Crippen LogP contribution in [0.2, 0.25) is 0 Å². The van der Waals surface area contributed by atoms with Crippen LogP contribution in [0.1, 0.15) is 31.0 Å². The molecule has 2 heteroatoms. The molecule has 2 N–H and O–H groups in total. The van der Waals surface area contributed by atoms with E-state index in [1.165, 1.54) is 11.1 Å². The van der Waals surface area contributed by atoms with E-state index in [1.807, 2.05) is 12.1 Å². The first kappa shape index (κ1) is 9.69. The van der Waals surface area contributed by atoms with E-state index in [2.05, 4.69) is 26.0 Å². The molecule has 1 aliphatic heterocycles. The molecule has 0 aliphatic carbocycles. The van der Waals surface area contributed by atoms with Gasteiger partial charge in [0.1, 0.15) is 0 Å². The SMILES string of the molecule is CC(C)[C@H]1OCc2ccccc2[C@H]1N. The van der Waals surface area contributed by atoms with Crippen molar-refractivity contribution in [2.75, 3.05) is 0 Å². The molecule has 0 aromatic heterocycles. The van der Waals surface area contributed by atoms with Gasteiger partial charge in [-0.3, -0.25) is 0 Å². The molecule has 1 heterocycles. The zero-order valence-corrected chi connectivity index (χ0v) is 8.73. The van der Waals surface area contributed by atoms with E-state index in [9.17, 15) is 0 Å². The van der Waals surface area contributed by atoms with Crippen molar-refractivity contribution in [3.8, 4) is 0 Å². The Morgan fingerprint density at radius 3 is 2.79 bits per heavy atom. The van der Waals surface area contributed by atoms with Crippen LogP contribution in [0.3, 0.4) is 0 Å². The number of hydrogen-bond acceptors (Lipinski definition) is 2. The average molecular weight is 191 g/mol. The molecule has 0 spiro atoms. The molecule has 0 fully saturated rings. The average Bonchev–Trinajstić information content (AvgIpc) is 2.18. The Bertz CT molecular complexity index is 322. The third kappa shape index (κ3) is 1.56. The smallest absolute Gasteiger partial charge is 0.0795 e. The van der Waals surface area contributed by atoms with Gasteiger partial charge >= 0.3 is 0 Å². The third-order valence-corrected chi connectivity index (χ3v) is 2.86.